The number of thioether (sulfide) groups is 1. The summed E-state index contributed by atoms with van der Waals surface area (Å²) in [6.45, 7) is 6.25. The third-order valence-electron chi connectivity index (χ3n) is 4.03. The summed E-state index contributed by atoms with van der Waals surface area (Å²) >= 11 is 1.04. The molecule has 2 N–H and O–H groups in total. The van der Waals surface area contributed by atoms with Gasteiger partial charge in [-0.15, -0.1) is 10.2 Å². The Bertz CT molecular complexity index is 1050. The molecule has 0 saturated heterocycles. The number of hydrogen-bond acceptors (Lipinski definition) is 7. The van der Waals surface area contributed by atoms with Crippen molar-refractivity contribution in [3.63, 3.8) is 0 Å². The van der Waals surface area contributed by atoms with Crippen molar-refractivity contribution in [1.29, 1.82) is 0 Å². The molecule has 0 unspecified atom stereocenters. The largest absolute Gasteiger partial charge is 0.493 e. The maximum atomic E-state index is 12.1. The van der Waals surface area contributed by atoms with Crippen molar-refractivity contribution in [2.75, 3.05) is 17.7 Å². The maximum Gasteiger partial charge on any atom is 0.325 e. The number of para-hydroxylation sites is 1. The van der Waals surface area contributed by atoms with Crippen molar-refractivity contribution in [3.8, 4) is 17.2 Å². The van der Waals surface area contributed by atoms with Crippen LogP contribution in [-0.4, -0.2) is 34.5 Å². The molecular weight excluding hydrogens is 404 g/mol. The minimum absolute atomic E-state index is 0.0466. The van der Waals surface area contributed by atoms with Crippen LogP contribution in [0, 0.1) is 13.8 Å². The number of anilines is 1. The van der Waals surface area contributed by atoms with Crippen molar-refractivity contribution >= 4 is 29.4 Å². The Balaban J connectivity index is 1.54. The van der Waals surface area contributed by atoms with Crippen LogP contribution >= 0.6 is 11.8 Å². The smallest absolute Gasteiger partial charge is 0.325 e. The third kappa shape index (κ3) is 5.60. The van der Waals surface area contributed by atoms with E-state index in [2.05, 4.69) is 20.8 Å². The topological polar surface area (TPSA) is 106 Å². The van der Waals surface area contributed by atoms with Gasteiger partial charge >= 0.3 is 6.03 Å². The molecule has 3 amide bonds. The Morgan fingerprint density at radius 1 is 1.13 bits per heavy atom. The van der Waals surface area contributed by atoms with Crippen LogP contribution in [0.3, 0.4) is 0 Å². The van der Waals surface area contributed by atoms with Crippen LogP contribution in [0.5, 0.6) is 5.75 Å². The highest BCUT2D eigenvalue weighted by Gasteiger charge is 2.16. The fourth-order valence-electron chi connectivity index (χ4n) is 2.70. The first-order valence-corrected chi connectivity index (χ1v) is 10.3. The van der Waals surface area contributed by atoms with Crippen molar-refractivity contribution in [2.45, 2.75) is 26.0 Å². The molecule has 3 rings (SSSR count). The van der Waals surface area contributed by atoms with Gasteiger partial charge in [-0.05, 0) is 44.5 Å². The van der Waals surface area contributed by atoms with Crippen molar-refractivity contribution in [1.82, 2.24) is 15.5 Å². The summed E-state index contributed by atoms with van der Waals surface area (Å²) in [7, 11) is 0. The molecule has 0 fully saturated rings. The minimum Gasteiger partial charge on any atom is -0.493 e. The van der Waals surface area contributed by atoms with Crippen LogP contribution in [0.1, 0.15) is 18.1 Å². The molecular formula is C21H22N4O4S. The van der Waals surface area contributed by atoms with E-state index in [1.54, 1.807) is 6.07 Å². The molecule has 0 spiro atoms. The number of hydrogen-bond donors (Lipinski definition) is 2. The second kappa shape index (κ2) is 9.93. The van der Waals surface area contributed by atoms with Gasteiger partial charge in [-0.2, -0.15) is 0 Å². The quantitative estimate of drug-likeness (QED) is 0.546. The Labute approximate surface area is 178 Å². The number of nitrogens with zero attached hydrogens (tertiary/aromatic N) is 2. The molecule has 3 aromatic rings. The van der Waals surface area contributed by atoms with E-state index in [0.29, 0.717) is 29.5 Å². The van der Waals surface area contributed by atoms with Gasteiger partial charge in [0.05, 0.1) is 17.9 Å². The van der Waals surface area contributed by atoms with Gasteiger partial charge in [0.25, 0.3) is 11.1 Å². The summed E-state index contributed by atoms with van der Waals surface area (Å²) in [5.74, 6) is 0.418. The molecule has 156 valence electrons. The maximum absolute atomic E-state index is 12.1. The molecule has 0 atom stereocenters. The van der Waals surface area contributed by atoms with Crippen molar-refractivity contribution in [3.05, 3.63) is 53.6 Å². The molecule has 0 saturated carbocycles. The number of aryl methyl sites for hydroxylation is 2. The number of benzene rings is 2. The lowest BCUT2D eigenvalue weighted by Crippen LogP contribution is -2.35. The number of imide groups is 1. The first-order valence-electron chi connectivity index (χ1n) is 9.33. The highest BCUT2D eigenvalue weighted by atomic mass is 32.2. The van der Waals surface area contributed by atoms with Crippen LogP contribution in [0.2, 0.25) is 0 Å². The van der Waals surface area contributed by atoms with E-state index < -0.39 is 11.9 Å². The standard InChI is InChI=1S/C21H22N4O4S/c1-4-28-17-8-6-5-7-15(17)19-24-25-21(29-19)30-12-18(26)23-20(27)22-16-10-9-13(2)11-14(16)3/h5-11H,4,12H2,1-3H3,(H2,22,23,26,27). The average molecular weight is 426 g/mol. The summed E-state index contributed by atoms with van der Waals surface area (Å²) in [4.78, 5) is 24.1. The number of ether oxygens (including phenoxy) is 1. The van der Waals surface area contributed by atoms with Gasteiger partial charge in [-0.1, -0.05) is 41.6 Å². The molecule has 0 bridgehead atoms. The van der Waals surface area contributed by atoms with Crippen LogP contribution in [0.25, 0.3) is 11.5 Å². The number of urea groups is 1. The average Bonchev–Trinajstić information content (AvgIpc) is 3.18. The van der Waals surface area contributed by atoms with Gasteiger partial charge in [0.2, 0.25) is 5.91 Å². The molecule has 0 aliphatic rings. The number of carbonyl (C=O) groups excluding carboxylic acids is 2. The van der Waals surface area contributed by atoms with Gasteiger partial charge in [0, 0.05) is 5.69 Å². The lowest BCUT2D eigenvalue weighted by molar-refractivity contribution is -0.117. The molecule has 9 heteroatoms. The predicted molar refractivity (Wildman–Crippen MR) is 115 cm³/mol. The summed E-state index contributed by atoms with van der Waals surface area (Å²) in [5.41, 5.74) is 3.33. The second-order valence-corrected chi connectivity index (χ2v) is 7.34. The second-order valence-electron chi connectivity index (χ2n) is 6.41. The Kier molecular flexibility index (Phi) is 7.08. The number of nitrogens with one attached hydrogen (secondary N) is 2. The molecule has 2 aromatic carbocycles. The van der Waals surface area contributed by atoms with Crippen LogP contribution in [0.15, 0.2) is 52.1 Å². The molecule has 0 radical (unpaired) electrons. The Hall–Kier alpha value is -3.33. The summed E-state index contributed by atoms with van der Waals surface area (Å²) in [5, 5.41) is 13.1. The van der Waals surface area contributed by atoms with E-state index in [1.165, 1.54) is 0 Å². The van der Waals surface area contributed by atoms with E-state index >= 15 is 0 Å². The number of aromatic nitrogens is 2. The van der Waals surface area contributed by atoms with E-state index in [0.717, 1.165) is 22.9 Å². The number of rotatable bonds is 7. The molecule has 30 heavy (non-hydrogen) atoms. The Morgan fingerprint density at radius 3 is 2.70 bits per heavy atom. The van der Waals surface area contributed by atoms with Gasteiger partial charge < -0.3 is 14.5 Å². The third-order valence-corrected chi connectivity index (χ3v) is 4.85. The van der Waals surface area contributed by atoms with E-state index in [-0.39, 0.29) is 11.0 Å². The van der Waals surface area contributed by atoms with E-state index in [4.69, 9.17) is 9.15 Å². The zero-order valence-electron chi connectivity index (χ0n) is 16.9. The van der Waals surface area contributed by atoms with Crippen LogP contribution in [-0.2, 0) is 4.79 Å². The molecule has 0 aliphatic heterocycles. The van der Waals surface area contributed by atoms with Gasteiger partial charge in [-0.3, -0.25) is 10.1 Å². The lowest BCUT2D eigenvalue weighted by atomic mass is 10.1. The normalized spacial score (nSPS) is 10.5. The number of carbonyl (C=O) groups is 2. The van der Waals surface area contributed by atoms with Crippen molar-refractivity contribution in [2.24, 2.45) is 0 Å². The molecule has 1 heterocycles. The van der Waals surface area contributed by atoms with Crippen LogP contribution in [0.4, 0.5) is 10.5 Å². The van der Waals surface area contributed by atoms with E-state index in [9.17, 15) is 9.59 Å². The van der Waals surface area contributed by atoms with Crippen LogP contribution < -0.4 is 15.4 Å². The molecule has 8 nitrogen and oxygen atoms in total. The Morgan fingerprint density at radius 2 is 1.93 bits per heavy atom. The molecule has 1 aromatic heterocycles. The predicted octanol–water partition coefficient (Wildman–Crippen LogP) is 4.19. The first-order chi connectivity index (χ1) is 14.5. The summed E-state index contributed by atoms with van der Waals surface area (Å²) < 4.78 is 11.2. The SMILES string of the molecule is CCOc1ccccc1-c1nnc(SCC(=O)NC(=O)Nc2ccc(C)cc2C)o1. The van der Waals surface area contributed by atoms with E-state index in [1.807, 2.05) is 57.2 Å². The zero-order valence-corrected chi connectivity index (χ0v) is 17.7. The minimum atomic E-state index is -0.593. The fraction of sp³-hybridized carbons (Fsp3) is 0.238. The monoisotopic (exact) mass is 426 g/mol. The van der Waals surface area contributed by atoms with Gasteiger partial charge in [0.15, 0.2) is 0 Å². The van der Waals surface area contributed by atoms with Gasteiger partial charge in [0.1, 0.15) is 5.75 Å². The van der Waals surface area contributed by atoms with Gasteiger partial charge in [-0.25, -0.2) is 4.79 Å². The highest BCUT2D eigenvalue weighted by molar-refractivity contribution is 7.99. The number of amides is 3. The zero-order chi connectivity index (χ0) is 21.5. The summed E-state index contributed by atoms with van der Waals surface area (Å²) in [6, 6.07) is 12.4. The fourth-order valence-corrected chi connectivity index (χ4v) is 3.26. The summed E-state index contributed by atoms with van der Waals surface area (Å²) in [6.07, 6.45) is 0. The molecule has 0 aliphatic carbocycles. The highest BCUT2D eigenvalue weighted by Crippen LogP contribution is 2.30. The van der Waals surface area contributed by atoms with Crippen molar-refractivity contribution < 1.29 is 18.7 Å². The lowest BCUT2D eigenvalue weighted by Gasteiger charge is -2.09. The first kappa shape index (κ1) is 21.4.